The summed E-state index contributed by atoms with van der Waals surface area (Å²) in [5, 5.41) is 15.6. The first-order chi connectivity index (χ1) is 9.47. The molecule has 2 aromatic rings. The van der Waals surface area contributed by atoms with E-state index in [2.05, 4.69) is 15.4 Å². The SMILES string of the molecule is Cc1cc(C(=O)NCCn2cnc(C(=O)O)c2)n(C)n1. The van der Waals surface area contributed by atoms with E-state index < -0.39 is 5.97 Å². The van der Waals surface area contributed by atoms with Crippen LogP contribution in [0.2, 0.25) is 0 Å². The number of hydrogen-bond acceptors (Lipinski definition) is 4. The van der Waals surface area contributed by atoms with Gasteiger partial charge in [0.15, 0.2) is 5.69 Å². The molecule has 2 rings (SSSR count). The molecule has 0 saturated heterocycles. The molecule has 1 amide bonds. The highest BCUT2D eigenvalue weighted by Crippen LogP contribution is 2.01. The number of hydrogen-bond donors (Lipinski definition) is 2. The second-order valence-electron chi connectivity index (χ2n) is 4.35. The first-order valence-corrected chi connectivity index (χ1v) is 6.01. The predicted octanol–water partition coefficient (Wildman–Crippen LogP) is 0.0532. The summed E-state index contributed by atoms with van der Waals surface area (Å²) in [5.41, 5.74) is 1.25. The number of aromatic carboxylic acids is 1. The van der Waals surface area contributed by atoms with Crippen LogP contribution in [0.15, 0.2) is 18.6 Å². The van der Waals surface area contributed by atoms with Gasteiger partial charge in [0, 0.05) is 26.3 Å². The molecule has 0 aromatic carbocycles. The Bertz CT molecular complexity index is 643. The lowest BCUT2D eigenvalue weighted by Crippen LogP contribution is -2.28. The minimum Gasteiger partial charge on any atom is -0.476 e. The van der Waals surface area contributed by atoms with Gasteiger partial charge < -0.3 is 15.0 Å². The normalized spacial score (nSPS) is 10.5. The van der Waals surface area contributed by atoms with E-state index in [1.54, 1.807) is 17.7 Å². The van der Waals surface area contributed by atoms with E-state index in [-0.39, 0.29) is 11.6 Å². The largest absolute Gasteiger partial charge is 0.476 e. The number of amides is 1. The second-order valence-corrected chi connectivity index (χ2v) is 4.35. The summed E-state index contributed by atoms with van der Waals surface area (Å²) in [6.45, 7) is 2.64. The highest BCUT2D eigenvalue weighted by atomic mass is 16.4. The number of carboxylic acid groups (broad SMARTS) is 1. The summed E-state index contributed by atoms with van der Waals surface area (Å²) in [7, 11) is 1.71. The zero-order chi connectivity index (χ0) is 14.7. The molecule has 0 bridgehead atoms. The van der Waals surface area contributed by atoms with Crippen molar-refractivity contribution in [3.8, 4) is 0 Å². The monoisotopic (exact) mass is 277 g/mol. The van der Waals surface area contributed by atoms with E-state index in [1.807, 2.05) is 6.92 Å². The number of carbonyl (C=O) groups is 2. The lowest BCUT2D eigenvalue weighted by atomic mass is 10.3. The van der Waals surface area contributed by atoms with Crippen LogP contribution in [0.25, 0.3) is 0 Å². The first-order valence-electron chi connectivity index (χ1n) is 6.01. The Morgan fingerprint density at radius 1 is 1.45 bits per heavy atom. The van der Waals surface area contributed by atoms with Gasteiger partial charge in [0.25, 0.3) is 5.91 Å². The quantitative estimate of drug-likeness (QED) is 0.804. The minimum atomic E-state index is -1.07. The maximum Gasteiger partial charge on any atom is 0.356 e. The summed E-state index contributed by atoms with van der Waals surface area (Å²) in [6, 6.07) is 1.70. The Labute approximate surface area is 115 Å². The minimum absolute atomic E-state index is 0.0152. The zero-order valence-corrected chi connectivity index (χ0v) is 11.2. The third-order valence-corrected chi connectivity index (χ3v) is 2.74. The van der Waals surface area contributed by atoms with E-state index in [0.29, 0.717) is 18.8 Å². The zero-order valence-electron chi connectivity index (χ0n) is 11.2. The van der Waals surface area contributed by atoms with Crippen LogP contribution >= 0.6 is 0 Å². The molecular weight excluding hydrogens is 262 g/mol. The third-order valence-electron chi connectivity index (χ3n) is 2.74. The van der Waals surface area contributed by atoms with Crippen molar-refractivity contribution >= 4 is 11.9 Å². The third kappa shape index (κ3) is 3.02. The van der Waals surface area contributed by atoms with Crippen molar-refractivity contribution in [3.05, 3.63) is 35.7 Å². The molecule has 0 fully saturated rings. The Hall–Kier alpha value is -2.64. The van der Waals surface area contributed by atoms with Crippen molar-refractivity contribution in [3.63, 3.8) is 0 Å². The van der Waals surface area contributed by atoms with Crippen LogP contribution in [0.4, 0.5) is 0 Å². The molecule has 0 aliphatic carbocycles. The van der Waals surface area contributed by atoms with Crippen LogP contribution in [-0.2, 0) is 13.6 Å². The number of rotatable bonds is 5. The van der Waals surface area contributed by atoms with Gasteiger partial charge in [-0.25, -0.2) is 9.78 Å². The van der Waals surface area contributed by atoms with Crippen LogP contribution < -0.4 is 5.32 Å². The number of carbonyl (C=O) groups excluding carboxylic acids is 1. The van der Waals surface area contributed by atoms with Gasteiger partial charge in [-0.1, -0.05) is 0 Å². The maximum atomic E-state index is 11.9. The van der Waals surface area contributed by atoms with Crippen molar-refractivity contribution in [2.75, 3.05) is 6.54 Å². The number of nitrogens with zero attached hydrogens (tertiary/aromatic N) is 4. The van der Waals surface area contributed by atoms with Gasteiger partial charge in [-0.3, -0.25) is 9.48 Å². The molecule has 0 aliphatic heterocycles. The van der Waals surface area contributed by atoms with Gasteiger partial charge in [-0.15, -0.1) is 0 Å². The summed E-state index contributed by atoms with van der Waals surface area (Å²) in [4.78, 5) is 26.3. The Morgan fingerprint density at radius 3 is 2.75 bits per heavy atom. The number of imidazole rings is 1. The van der Waals surface area contributed by atoms with Crippen molar-refractivity contribution in [1.82, 2.24) is 24.6 Å². The molecule has 2 aromatic heterocycles. The standard InChI is InChI=1S/C12H15N5O3/c1-8-5-10(16(2)15-8)11(18)13-3-4-17-6-9(12(19)20)14-7-17/h5-7H,3-4H2,1-2H3,(H,13,18)(H,19,20). The van der Waals surface area contributed by atoms with E-state index in [0.717, 1.165) is 5.69 Å². The maximum absolute atomic E-state index is 11.9. The van der Waals surface area contributed by atoms with E-state index in [9.17, 15) is 9.59 Å². The Morgan fingerprint density at radius 2 is 2.20 bits per heavy atom. The fourth-order valence-corrected chi connectivity index (χ4v) is 1.81. The lowest BCUT2D eigenvalue weighted by molar-refractivity contribution is 0.0690. The van der Waals surface area contributed by atoms with Gasteiger partial charge in [-0.2, -0.15) is 5.10 Å². The average molecular weight is 277 g/mol. The van der Waals surface area contributed by atoms with Crippen molar-refractivity contribution < 1.29 is 14.7 Å². The van der Waals surface area contributed by atoms with Gasteiger partial charge in [0.05, 0.1) is 12.0 Å². The predicted molar refractivity (Wildman–Crippen MR) is 69.5 cm³/mol. The Kier molecular flexibility index (Phi) is 3.83. The van der Waals surface area contributed by atoms with Crippen molar-refractivity contribution in [1.29, 1.82) is 0 Å². The van der Waals surface area contributed by atoms with E-state index in [1.165, 1.54) is 17.2 Å². The molecule has 20 heavy (non-hydrogen) atoms. The van der Waals surface area contributed by atoms with Crippen LogP contribution in [0.1, 0.15) is 26.7 Å². The molecule has 0 saturated carbocycles. The lowest BCUT2D eigenvalue weighted by Gasteiger charge is -2.05. The molecule has 8 heteroatoms. The average Bonchev–Trinajstić information content (AvgIpc) is 2.96. The number of aromatic nitrogens is 4. The van der Waals surface area contributed by atoms with Gasteiger partial charge in [-0.05, 0) is 13.0 Å². The molecule has 0 unspecified atom stereocenters. The van der Waals surface area contributed by atoms with Crippen molar-refractivity contribution in [2.24, 2.45) is 7.05 Å². The fourth-order valence-electron chi connectivity index (χ4n) is 1.81. The highest BCUT2D eigenvalue weighted by molar-refractivity contribution is 5.92. The first kappa shape index (κ1) is 13.8. The molecule has 2 N–H and O–H groups in total. The topological polar surface area (TPSA) is 102 Å². The van der Waals surface area contributed by atoms with Gasteiger partial charge in [0.1, 0.15) is 5.69 Å². The number of carboxylic acids is 1. The summed E-state index contributed by atoms with van der Waals surface area (Å²) in [6.07, 6.45) is 2.84. The number of nitrogens with one attached hydrogen (secondary N) is 1. The summed E-state index contributed by atoms with van der Waals surface area (Å²) >= 11 is 0. The van der Waals surface area contributed by atoms with Gasteiger partial charge >= 0.3 is 5.97 Å². The number of aryl methyl sites for hydroxylation is 2. The van der Waals surface area contributed by atoms with Crippen LogP contribution in [0, 0.1) is 6.92 Å². The molecule has 8 nitrogen and oxygen atoms in total. The van der Waals surface area contributed by atoms with Crippen LogP contribution in [-0.4, -0.2) is 42.9 Å². The van der Waals surface area contributed by atoms with Gasteiger partial charge in [0.2, 0.25) is 0 Å². The molecule has 0 aliphatic rings. The summed E-state index contributed by atoms with van der Waals surface area (Å²) in [5.74, 6) is -1.29. The van der Waals surface area contributed by atoms with Crippen LogP contribution in [0.3, 0.4) is 0 Å². The second kappa shape index (κ2) is 5.55. The van der Waals surface area contributed by atoms with Crippen LogP contribution in [0.5, 0.6) is 0 Å². The molecule has 0 spiro atoms. The highest BCUT2D eigenvalue weighted by Gasteiger charge is 2.11. The van der Waals surface area contributed by atoms with E-state index in [4.69, 9.17) is 5.11 Å². The summed E-state index contributed by atoms with van der Waals surface area (Å²) < 4.78 is 3.13. The fraction of sp³-hybridized carbons (Fsp3) is 0.333. The Balaban J connectivity index is 1.87. The van der Waals surface area contributed by atoms with E-state index >= 15 is 0 Å². The smallest absolute Gasteiger partial charge is 0.356 e. The molecule has 0 atom stereocenters. The molecule has 106 valence electrons. The van der Waals surface area contributed by atoms with Crippen molar-refractivity contribution in [2.45, 2.75) is 13.5 Å². The molecular formula is C12H15N5O3. The molecule has 2 heterocycles. The molecule has 0 radical (unpaired) electrons.